The molecule has 202 valence electrons. The van der Waals surface area contributed by atoms with Gasteiger partial charge in [-0.3, -0.25) is 4.79 Å². The summed E-state index contributed by atoms with van der Waals surface area (Å²) in [6.07, 6.45) is 4.10. The summed E-state index contributed by atoms with van der Waals surface area (Å²) in [5.41, 5.74) is 1.34. The first-order chi connectivity index (χ1) is 18.4. The zero-order valence-electron chi connectivity index (χ0n) is 21.9. The zero-order chi connectivity index (χ0) is 26.7. The highest BCUT2D eigenvalue weighted by atomic mass is 35.5. The quantitative estimate of drug-likeness (QED) is 0.384. The van der Waals surface area contributed by atoms with Crippen LogP contribution in [-0.4, -0.2) is 73.2 Å². The minimum Gasteiger partial charge on any atom is -0.339 e. The van der Waals surface area contributed by atoms with E-state index in [1.807, 2.05) is 30.0 Å². The van der Waals surface area contributed by atoms with E-state index in [1.165, 1.54) is 9.87 Å². The van der Waals surface area contributed by atoms with Gasteiger partial charge in [-0.25, -0.2) is 8.42 Å². The van der Waals surface area contributed by atoms with E-state index in [4.69, 9.17) is 11.6 Å². The van der Waals surface area contributed by atoms with Crippen molar-refractivity contribution in [3.8, 4) is 0 Å². The summed E-state index contributed by atoms with van der Waals surface area (Å²) in [6, 6.07) is 20.5. The third-order valence-corrected chi connectivity index (χ3v) is 10.3. The molecule has 0 saturated carbocycles. The van der Waals surface area contributed by atoms with Crippen LogP contribution in [0.1, 0.15) is 38.2 Å². The fourth-order valence-electron chi connectivity index (χ4n) is 5.96. The second-order valence-electron chi connectivity index (χ2n) is 10.3. The van der Waals surface area contributed by atoms with Crippen molar-refractivity contribution < 1.29 is 13.2 Å². The zero-order valence-corrected chi connectivity index (χ0v) is 23.5. The summed E-state index contributed by atoms with van der Waals surface area (Å²) in [7, 11) is -3.82. The molecule has 1 atom stereocenters. The second-order valence-corrected chi connectivity index (χ2v) is 12.6. The number of fused-ring (bicyclic) bond motifs is 1. The normalized spacial score (nSPS) is 19.7. The molecule has 6 nitrogen and oxygen atoms in total. The summed E-state index contributed by atoms with van der Waals surface area (Å²) in [4.78, 5) is 18.4. The van der Waals surface area contributed by atoms with Crippen molar-refractivity contribution in [3.05, 3.63) is 77.3 Å². The predicted molar refractivity (Wildman–Crippen MR) is 153 cm³/mol. The van der Waals surface area contributed by atoms with Gasteiger partial charge in [0.1, 0.15) is 6.04 Å². The van der Waals surface area contributed by atoms with Gasteiger partial charge in [0.15, 0.2) is 0 Å². The number of piperidine rings is 1. The molecule has 2 heterocycles. The Labute approximate surface area is 231 Å². The molecule has 0 unspecified atom stereocenters. The fraction of sp³-hybridized carbons (Fsp3) is 0.433. The Morgan fingerprint density at radius 2 is 1.74 bits per heavy atom. The Bertz CT molecular complexity index is 1370. The van der Waals surface area contributed by atoms with Gasteiger partial charge >= 0.3 is 0 Å². The van der Waals surface area contributed by atoms with E-state index < -0.39 is 16.1 Å². The molecule has 2 aliphatic heterocycles. The molecule has 38 heavy (non-hydrogen) atoms. The molecular formula is C30H36ClN3O3S. The first-order valence-electron chi connectivity index (χ1n) is 13.7. The lowest BCUT2D eigenvalue weighted by atomic mass is 10.0. The molecule has 1 amide bonds. The summed E-state index contributed by atoms with van der Waals surface area (Å²) >= 11 is 6.28. The van der Waals surface area contributed by atoms with Crippen LogP contribution in [0.25, 0.3) is 10.8 Å². The molecule has 0 N–H and O–H groups in total. The first kappa shape index (κ1) is 27.1. The minimum absolute atomic E-state index is 0.0554. The van der Waals surface area contributed by atoms with Crippen LogP contribution in [0.3, 0.4) is 0 Å². The number of rotatable bonds is 8. The highest BCUT2D eigenvalue weighted by molar-refractivity contribution is 7.89. The van der Waals surface area contributed by atoms with Crippen molar-refractivity contribution >= 4 is 38.3 Å². The lowest BCUT2D eigenvalue weighted by Gasteiger charge is -2.40. The van der Waals surface area contributed by atoms with Crippen LogP contribution in [0.15, 0.2) is 71.6 Å². The van der Waals surface area contributed by atoms with Gasteiger partial charge in [0.2, 0.25) is 15.9 Å². The number of likely N-dealkylation sites (N-methyl/N-ethyl adjacent to an activating group) is 1. The van der Waals surface area contributed by atoms with E-state index in [0.29, 0.717) is 31.0 Å². The first-order valence-corrected chi connectivity index (χ1v) is 15.5. The summed E-state index contributed by atoms with van der Waals surface area (Å²) in [5.74, 6) is -0.0554. The van der Waals surface area contributed by atoms with Gasteiger partial charge in [-0.05, 0) is 68.2 Å². The van der Waals surface area contributed by atoms with Crippen molar-refractivity contribution in [1.29, 1.82) is 0 Å². The molecule has 0 aliphatic carbocycles. The average Bonchev–Trinajstić information content (AvgIpc) is 3.45. The van der Waals surface area contributed by atoms with E-state index in [1.54, 1.807) is 24.3 Å². The molecule has 2 fully saturated rings. The average molecular weight is 554 g/mol. The van der Waals surface area contributed by atoms with Gasteiger partial charge in [-0.2, -0.15) is 4.31 Å². The number of nitrogens with zero attached hydrogens (tertiary/aromatic N) is 3. The molecule has 2 saturated heterocycles. The highest BCUT2D eigenvalue weighted by Gasteiger charge is 2.42. The molecule has 2 aliphatic rings. The van der Waals surface area contributed by atoms with Crippen molar-refractivity contribution in [2.75, 3.05) is 32.7 Å². The van der Waals surface area contributed by atoms with Crippen molar-refractivity contribution in [2.45, 2.75) is 56.0 Å². The number of sulfonamides is 1. The van der Waals surface area contributed by atoms with Crippen LogP contribution in [-0.2, 0) is 21.2 Å². The molecule has 0 radical (unpaired) electrons. The van der Waals surface area contributed by atoms with E-state index in [0.717, 1.165) is 49.7 Å². The number of halogens is 1. The standard InChI is InChI=1S/C30H36ClN3O3S/c1-2-33(25-16-20-32(21-17-25)19-15-23-8-4-3-5-9-23)30(35)29-12-7-18-34(29)38(36,37)26-13-14-27-24(22-26)10-6-11-28(27)31/h3-6,8-11,13-14,22,25,29H,2,7,12,15-21H2,1H3/t29-/m0/s1. The molecule has 5 rings (SSSR count). The Kier molecular flexibility index (Phi) is 8.38. The lowest BCUT2D eigenvalue weighted by Crippen LogP contribution is -2.53. The summed E-state index contributed by atoms with van der Waals surface area (Å²) in [6.45, 7) is 5.87. The lowest BCUT2D eigenvalue weighted by molar-refractivity contribution is -0.137. The number of amides is 1. The van der Waals surface area contributed by atoms with Crippen LogP contribution in [0.4, 0.5) is 0 Å². The highest BCUT2D eigenvalue weighted by Crippen LogP contribution is 2.32. The second kappa shape index (κ2) is 11.7. The monoisotopic (exact) mass is 553 g/mol. The molecule has 8 heteroatoms. The predicted octanol–water partition coefficient (Wildman–Crippen LogP) is 5.20. The Balaban J connectivity index is 1.25. The largest absolute Gasteiger partial charge is 0.339 e. The molecular weight excluding hydrogens is 518 g/mol. The third kappa shape index (κ3) is 5.62. The third-order valence-electron chi connectivity index (χ3n) is 8.08. The SMILES string of the molecule is CCN(C(=O)[C@@H]1CCCN1S(=O)(=O)c1ccc2c(Cl)cccc2c1)C1CCN(CCc2ccccc2)CC1. The Hall–Kier alpha value is -2.45. The van der Waals surface area contributed by atoms with Gasteiger partial charge in [-0.1, -0.05) is 60.1 Å². The molecule has 3 aromatic rings. The Morgan fingerprint density at radius 1 is 0.974 bits per heavy atom. The maximum absolute atomic E-state index is 13.8. The van der Waals surface area contributed by atoms with E-state index in [9.17, 15) is 13.2 Å². The minimum atomic E-state index is -3.82. The van der Waals surface area contributed by atoms with Crippen molar-refractivity contribution in [1.82, 2.24) is 14.1 Å². The number of carbonyl (C=O) groups is 1. The number of hydrogen-bond acceptors (Lipinski definition) is 4. The van der Waals surface area contributed by atoms with Gasteiger partial charge in [0, 0.05) is 49.2 Å². The van der Waals surface area contributed by atoms with Gasteiger partial charge in [0.25, 0.3) is 0 Å². The van der Waals surface area contributed by atoms with Gasteiger partial charge < -0.3 is 9.80 Å². The van der Waals surface area contributed by atoms with Gasteiger partial charge in [0.05, 0.1) is 4.90 Å². The van der Waals surface area contributed by atoms with E-state index >= 15 is 0 Å². The molecule has 3 aromatic carbocycles. The van der Waals surface area contributed by atoms with Crippen molar-refractivity contribution in [2.24, 2.45) is 0 Å². The van der Waals surface area contributed by atoms with Crippen LogP contribution in [0, 0.1) is 0 Å². The number of benzene rings is 3. The molecule has 0 bridgehead atoms. The topological polar surface area (TPSA) is 60.9 Å². The van der Waals surface area contributed by atoms with E-state index in [2.05, 4.69) is 29.2 Å². The van der Waals surface area contributed by atoms with Gasteiger partial charge in [-0.15, -0.1) is 0 Å². The molecule has 0 spiro atoms. The maximum atomic E-state index is 13.8. The number of likely N-dealkylation sites (tertiary alicyclic amines) is 1. The van der Waals surface area contributed by atoms with Crippen molar-refractivity contribution in [3.63, 3.8) is 0 Å². The Morgan fingerprint density at radius 3 is 2.47 bits per heavy atom. The number of carbonyl (C=O) groups excluding carboxylic acids is 1. The smallest absolute Gasteiger partial charge is 0.243 e. The van der Waals surface area contributed by atoms with Crippen LogP contribution in [0.2, 0.25) is 5.02 Å². The maximum Gasteiger partial charge on any atom is 0.243 e. The number of hydrogen-bond donors (Lipinski definition) is 0. The fourth-order valence-corrected chi connectivity index (χ4v) is 7.90. The molecule has 0 aromatic heterocycles. The summed E-state index contributed by atoms with van der Waals surface area (Å²) < 4.78 is 28.9. The van der Waals surface area contributed by atoms with Crippen LogP contribution < -0.4 is 0 Å². The van der Waals surface area contributed by atoms with E-state index in [-0.39, 0.29) is 16.8 Å². The summed E-state index contributed by atoms with van der Waals surface area (Å²) in [5, 5.41) is 2.18. The van der Waals surface area contributed by atoms with Crippen LogP contribution in [0.5, 0.6) is 0 Å². The van der Waals surface area contributed by atoms with Crippen LogP contribution >= 0.6 is 11.6 Å².